The molecule has 10 rings (SSSR count). The van der Waals surface area contributed by atoms with Gasteiger partial charge in [0.15, 0.2) is 17.5 Å². The Balaban J connectivity index is 1.21. The molecule has 0 atom stereocenters. The Morgan fingerprint density at radius 1 is 0.400 bits per heavy atom. The number of fused-ring (bicyclic) bond motifs is 6. The monoisotopic (exact) mass is 642 g/mol. The smallest absolute Gasteiger partial charge is 0.238 e. The molecule has 0 fully saturated rings. The van der Waals surface area contributed by atoms with Gasteiger partial charge in [-0.25, -0.2) is 19.9 Å². The van der Waals surface area contributed by atoms with Gasteiger partial charge >= 0.3 is 0 Å². The molecule has 6 aromatic carbocycles. The van der Waals surface area contributed by atoms with Gasteiger partial charge in [-0.3, -0.25) is 4.57 Å². The highest BCUT2D eigenvalue weighted by molar-refractivity contribution is 6.12. The van der Waals surface area contributed by atoms with E-state index in [2.05, 4.69) is 59.2 Å². The van der Waals surface area contributed by atoms with Crippen molar-refractivity contribution in [1.82, 2.24) is 29.5 Å². The van der Waals surface area contributed by atoms with Gasteiger partial charge in [0.2, 0.25) is 11.7 Å². The first-order chi connectivity index (χ1) is 24.8. The molecule has 7 nitrogen and oxygen atoms in total. The van der Waals surface area contributed by atoms with Crippen LogP contribution in [0, 0.1) is 0 Å². The van der Waals surface area contributed by atoms with Crippen LogP contribution in [0.4, 0.5) is 0 Å². The molecule has 50 heavy (non-hydrogen) atoms. The molecule has 0 aliphatic heterocycles. The van der Waals surface area contributed by atoms with Crippen molar-refractivity contribution >= 4 is 43.9 Å². The van der Waals surface area contributed by atoms with Crippen LogP contribution in [0.5, 0.6) is 0 Å². The third kappa shape index (κ3) is 4.56. The molecule has 0 amide bonds. The number of furan rings is 1. The van der Waals surface area contributed by atoms with Crippen LogP contribution in [-0.2, 0) is 0 Å². The summed E-state index contributed by atoms with van der Waals surface area (Å²) in [5.41, 5.74) is 7.83. The average molecular weight is 643 g/mol. The quantitative estimate of drug-likeness (QED) is 0.186. The minimum Gasteiger partial charge on any atom is -0.437 e. The summed E-state index contributed by atoms with van der Waals surface area (Å²) in [5.74, 6) is 2.38. The summed E-state index contributed by atoms with van der Waals surface area (Å²) in [7, 11) is 0. The van der Waals surface area contributed by atoms with Crippen LogP contribution in [-0.4, -0.2) is 29.5 Å². The molecule has 0 unspecified atom stereocenters. The van der Waals surface area contributed by atoms with E-state index >= 15 is 0 Å². The molecule has 4 aromatic heterocycles. The molecule has 4 heterocycles. The van der Waals surface area contributed by atoms with E-state index in [1.807, 2.05) is 103 Å². The van der Waals surface area contributed by atoms with E-state index in [0.29, 0.717) is 29.1 Å². The maximum Gasteiger partial charge on any atom is 0.238 e. The van der Waals surface area contributed by atoms with Crippen molar-refractivity contribution in [3.8, 4) is 51.4 Å². The molecule has 10 aromatic rings. The summed E-state index contributed by atoms with van der Waals surface area (Å²) in [6.45, 7) is 0. The molecule has 0 saturated carbocycles. The van der Waals surface area contributed by atoms with Gasteiger partial charge in [0.05, 0.1) is 22.1 Å². The van der Waals surface area contributed by atoms with E-state index < -0.39 is 0 Å². The molecule has 234 valence electrons. The molecule has 0 bridgehead atoms. The maximum absolute atomic E-state index is 6.36. The summed E-state index contributed by atoms with van der Waals surface area (Å²) in [6.07, 6.45) is 0. The molecule has 0 radical (unpaired) electrons. The minimum absolute atomic E-state index is 0.534. The Hall–Kier alpha value is -6.99. The SMILES string of the molecule is c1ccc(-c2nc(-c3ccccc3)nc(-c3ccc4c(c3)c3ccccc3n4-c3nc(-c4ccccc4)c4c(n3)oc3ccccc34)n2)cc1. The highest BCUT2D eigenvalue weighted by Crippen LogP contribution is 2.38. The van der Waals surface area contributed by atoms with Crippen LogP contribution in [0.2, 0.25) is 0 Å². The predicted octanol–water partition coefficient (Wildman–Crippen LogP) is 10.3. The number of hydrogen-bond acceptors (Lipinski definition) is 6. The lowest BCUT2D eigenvalue weighted by molar-refractivity contribution is 0.651. The van der Waals surface area contributed by atoms with E-state index in [1.165, 1.54) is 0 Å². The fourth-order valence-corrected chi connectivity index (χ4v) is 6.78. The second-order valence-electron chi connectivity index (χ2n) is 12.1. The number of rotatable bonds is 5. The Bertz CT molecular complexity index is 2810. The number of para-hydroxylation sites is 2. The van der Waals surface area contributed by atoms with Crippen LogP contribution in [0.25, 0.3) is 95.2 Å². The van der Waals surface area contributed by atoms with Gasteiger partial charge < -0.3 is 4.42 Å². The second kappa shape index (κ2) is 11.3. The average Bonchev–Trinajstić information content (AvgIpc) is 3.74. The molecular weight excluding hydrogens is 617 g/mol. The zero-order chi connectivity index (χ0) is 33.0. The van der Waals surface area contributed by atoms with Gasteiger partial charge in [-0.2, -0.15) is 4.98 Å². The fourth-order valence-electron chi connectivity index (χ4n) is 6.78. The van der Waals surface area contributed by atoms with Crippen molar-refractivity contribution in [2.75, 3.05) is 0 Å². The number of nitrogens with zero attached hydrogens (tertiary/aromatic N) is 6. The third-order valence-electron chi connectivity index (χ3n) is 9.10. The molecule has 0 N–H and O–H groups in total. The fraction of sp³-hybridized carbons (Fsp3) is 0. The van der Waals surface area contributed by atoms with Crippen LogP contribution >= 0.6 is 0 Å². The van der Waals surface area contributed by atoms with E-state index in [9.17, 15) is 0 Å². The zero-order valence-corrected chi connectivity index (χ0v) is 26.6. The molecular formula is C43H26N6O. The van der Waals surface area contributed by atoms with Crippen LogP contribution in [0.3, 0.4) is 0 Å². The molecule has 0 aliphatic rings. The topological polar surface area (TPSA) is 82.5 Å². The Labute approximate surface area is 286 Å². The zero-order valence-electron chi connectivity index (χ0n) is 26.6. The predicted molar refractivity (Wildman–Crippen MR) is 199 cm³/mol. The van der Waals surface area contributed by atoms with E-state index in [0.717, 1.165) is 66.1 Å². The third-order valence-corrected chi connectivity index (χ3v) is 9.10. The van der Waals surface area contributed by atoms with Crippen LogP contribution < -0.4 is 0 Å². The second-order valence-corrected chi connectivity index (χ2v) is 12.1. The lowest BCUT2D eigenvalue weighted by Gasteiger charge is -2.10. The first kappa shape index (κ1) is 28.1. The lowest BCUT2D eigenvalue weighted by atomic mass is 10.1. The van der Waals surface area contributed by atoms with Crippen LogP contribution in [0.1, 0.15) is 0 Å². The Kier molecular flexibility index (Phi) is 6.35. The van der Waals surface area contributed by atoms with E-state index in [-0.39, 0.29) is 0 Å². The number of hydrogen-bond donors (Lipinski definition) is 0. The Morgan fingerprint density at radius 3 is 1.62 bits per heavy atom. The largest absolute Gasteiger partial charge is 0.437 e. The summed E-state index contributed by atoms with van der Waals surface area (Å²) < 4.78 is 8.48. The number of benzene rings is 6. The highest BCUT2D eigenvalue weighted by atomic mass is 16.3. The maximum atomic E-state index is 6.36. The summed E-state index contributed by atoms with van der Waals surface area (Å²) >= 11 is 0. The van der Waals surface area contributed by atoms with Crippen molar-refractivity contribution in [3.05, 3.63) is 158 Å². The molecule has 7 heteroatoms. The van der Waals surface area contributed by atoms with Gasteiger partial charge in [0.25, 0.3) is 0 Å². The molecule has 0 saturated heterocycles. The van der Waals surface area contributed by atoms with E-state index in [1.54, 1.807) is 0 Å². The summed E-state index contributed by atoms with van der Waals surface area (Å²) in [6, 6.07) is 53.0. The van der Waals surface area contributed by atoms with Gasteiger partial charge in [0, 0.05) is 38.4 Å². The van der Waals surface area contributed by atoms with Gasteiger partial charge in [-0.05, 0) is 30.3 Å². The van der Waals surface area contributed by atoms with Crippen molar-refractivity contribution < 1.29 is 4.42 Å². The van der Waals surface area contributed by atoms with Crippen molar-refractivity contribution in [2.45, 2.75) is 0 Å². The van der Waals surface area contributed by atoms with Crippen molar-refractivity contribution in [1.29, 1.82) is 0 Å². The normalized spacial score (nSPS) is 11.6. The first-order valence-electron chi connectivity index (χ1n) is 16.4. The molecule has 0 aliphatic carbocycles. The molecule has 0 spiro atoms. The Morgan fingerprint density at radius 2 is 0.940 bits per heavy atom. The number of aromatic nitrogens is 6. The van der Waals surface area contributed by atoms with Crippen molar-refractivity contribution in [2.24, 2.45) is 0 Å². The first-order valence-corrected chi connectivity index (χ1v) is 16.4. The summed E-state index contributed by atoms with van der Waals surface area (Å²) in [4.78, 5) is 25.2. The van der Waals surface area contributed by atoms with Crippen molar-refractivity contribution in [3.63, 3.8) is 0 Å². The standard InChI is InChI=1S/C43H26N6O/c1-4-14-27(15-5-1)38-37-32-21-11-13-23-36(32)50-42(37)48-43(44-38)49-34-22-12-10-20-31(34)33-26-30(24-25-35(33)49)41-46-39(28-16-6-2-7-17-28)45-40(47-41)29-18-8-3-9-19-29/h1-26H. The minimum atomic E-state index is 0.534. The van der Waals surface area contributed by atoms with Gasteiger partial charge in [-0.1, -0.05) is 127 Å². The van der Waals surface area contributed by atoms with Gasteiger partial charge in [-0.15, -0.1) is 0 Å². The van der Waals surface area contributed by atoms with E-state index in [4.69, 9.17) is 29.3 Å². The van der Waals surface area contributed by atoms with Crippen LogP contribution in [0.15, 0.2) is 162 Å². The lowest BCUT2D eigenvalue weighted by Crippen LogP contribution is -2.03. The summed E-state index contributed by atoms with van der Waals surface area (Å²) in [5, 5.41) is 3.99. The highest BCUT2D eigenvalue weighted by Gasteiger charge is 2.21. The van der Waals surface area contributed by atoms with Gasteiger partial charge in [0.1, 0.15) is 5.58 Å².